The molecule has 0 aromatic rings. The van der Waals surface area contributed by atoms with Crippen molar-refractivity contribution in [2.24, 2.45) is 0 Å². The Morgan fingerprint density at radius 2 is 0.850 bits per heavy atom. The molecule has 0 heteroatoms. The monoisotopic (exact) mass is 260 g/mol. The summed E-state index contributed by atoms with van der Waals surface area (Å²) in [6, 6.07) is 0. The summed E-state index contributed by atoms with van der Waals surface area (Å²) in [4.78, 5) is 0. The van der Waals surface area contributed by atoms with Gasteiger partial charge in [-0.05, 0) is 18.6 Å². The SMILES string of the molecule is C1=C/C=C/C=C/C=C\C=C\C=C/C=C/C=C/C=C/CC=1. The quantitative estimate of drug-likeness (QED) is 0.501. The lowest BCUT2D eigenvalue weighted by Gasteiger charge is -1.77. The molecule has 0 nitrogen and oxygen atoms in total. The maximum Gasteiger partial charge on any atom is -0.00898 e. The van der Waals surface area contributed by atoms with E-state index in [2.05, 4.69) is 11.8 Å². The molecule has 0 heterocycles. The summed E-state index contributed by atoms with van der Waals surface area (Å²) in [5.74, 6) is 0. The van der Waals surface area contributed by atoms with Gasteiger partial charge in [-0.25, -0.2) is 0 Å². The van der Waals surface area contributed by atoms with Crippen molar-refractivity contribution in [2.75, 3.05) is 0 Å². The minimum absolute atomic E-state index is 0.891. The number of allylic oxidation sites excluding steroid dienone is 17. The number of rotatable bonds is 0. The Hall–Kier alpha value is -2.56. The van der Waals surface area contributed by atoms with Crippen LogP contribution in [0.25, 0.3) is 0 Å². The Morgan fingerprint density at radius 1 is 0.450 bits per heavy atom. The van der Waals surface area contributed by atoms with Gasteiger partial charge in [-0.2, -0.15) is 0 Å². The fourth-order valence-electron chi connectivity index (χ4n) is 1.31. The molecule has 0 radical (unpaired) electrons. The van der Waals surface area contributed by atoms with Crippen molar-refractivity contribution in [3.05, 3.63) is 115 Å². The molecule has 20 heavy (non-hydrogen) atoms. The van der Waals surface area contributed by atoms with E-state index in [9.17, 15) is 0 Å². The van der Waals surface area contributed by atoms with Gasteiger partial charge in [0.2, 0.25) is 0 Å². The van der Waals surface area contributed by atoms with Crippen LogP contribution < -0.4 is 0 Å². The molecule has 0 N–H and O–H groups in total. The molecule has 0 fully saturated rings. The smallest absolute Gasteiger partial charge is 0.00898 e. The first-order valence-electron chi connectivity index (χ1n) is 6.73. The Balaban J connectivity index is 2.67. The van der Waals surface area contributed by atoms with Crippen LogP contribution in [0.5, 0.6) is 0 Å². The number of hydrogen-bond donors (Lipinski definition) is 0. The maximum atomic E-state index is 3.11. The summed E-state index contributed by atoms with van der Waals surface area (Å²) in [6.45, 7) is 0. The Morgan fingerprint density at radius 3 is 1.35 bits per heavy atom. The minimum Gasteiger partial charge on any atom is -0.125 e. The highest BCUT2D eigenvalue weighted by atomic mass is 13.7. The van der Waals surface area contributed by atoms with Gasteiger partial charge in [0, 0.05) is 0 Å². The molecule has 0 unspecified atom stereocenters. The van der Waals surface area contributed by atoms with E-state index in [1.165, 1.54) is 0 Å². The van der Waals surface area contributed by atoms with Crippen LogP contribution in [0.2, 0.25) is 0 Å². The lowest BCUT2D eigenvalue weighted by molar-refractivity contribution is 1.40. The normalized spacial score (nSPS) is 28.8. The van der Waals surface area contributed by atoms with Crippen LogP contribution in [-0.2, 0) is 0 Å². The zero-order valence-corrected chi connectivity index (χ0v) is 11.6. The predicted molar refractivity (Wildman–Crippen MR) is 90.4 cm³/mol. The van der Waals surface area contributed by atoms with Gasteiger partial charge in [-0.3, -0.25) is 0 Å². The third kappa shape index (κ3) is 10.6. The molecule has 1 aliphatic carbocycles. The average Bonchev–Trinajstić information content (AvgIpc) is 2.46. The van der Waals surface area contributed by atoms with Gasteiger partial charge in [0.25, 0.3) is 0 Å². The molecule has 0 bridgehead atoms. The van der Waals surface area contributed by atoms with Crippen LogP contribution >= 0.6 is 0 Å². The van der Waals surface area contributed by atoms with Crippen LogP contribution in [0.4, 0.5) is 0 Å². The highest BCUT2D eigenvalue weighted by Crippen LogP contribution is 1.89. The predicted octanol–water partition coefficient (Wildman–Crippen LogP) is 5.55. The second-order valence-electron chi connectivity index (χ2n) is 3.90. The first kappa shape index (κ1) is 15.5. The molecule has 0 spiro atoms. The van der Waals surface area contributed by atoms with E-state index in [4.69, 9.17) is 0 Å². The topological polar surface area (TPSA) is 0 Å². The number of hydrogen-bond acceptors (Lipinski definition) is 0. The van der Waals surface area contributed by atoms with Gasteiger partial charge >= 0.3 is 0 Å². The van der Waals surface area contributed by atoms with Gasteiger partial charge in [0.1, 0.15) is 0 Å². The van der Waals surface area contributed by atoms with Crippen molar-refractivity contribution >= 4 is 0 Å². The zero-order chi connectivity index (χ0) is 14.1. The second-order valence-corrected chi connectivity index (χ2v) is 3.90. The lowest BCUT2D eigenvalue weighted by Crippen LogP contribution is -1.56. The van der Waals surface area contributed by atoms with Crippen LogP contribution in [0.3, 0.4) is 0 Å². The highest BCUT2D eigenvalue weighted by Gasteiger charge is 1.68. The van der Waals surface area contributed by atoms with Gasteiger partial charge < -0.3 is 0 Å². The van der Waals surface area contributed by atoms with E-state index < -0.39 is 0 Å². The van der Waals surface area contributed by atoms with E-state index in [1.54, 1.807) is 0 Å². The van der Waals surface area contributed by atoms with Gasteiger partial charge in [0.05, 0.1) is 0 Å². The first-order chi connectivity index (χ1) is 10.0. The highest BCUT2D eigenvalue weighted by molar-refractivity contribution is 5.22. The van der Waals surface area contributed by atoms with E-state index in [1.807, 2.05) is 103 Å². The lowest BCUT2D eigenvalue weighted by atomic mass is 10.3. The van der Waals surface area contributed by atoms with Gasteiger partial charge in [-0.1, -0.05) is 97.2 Å². The fraction of sp³-hybridized carbons (Fsp3) is 0.0500. The fourth-order valence-corrected chi connectivity index (χ4v) is 1.31. The van der Waals surface area contributed by atoms with Crippen LogP contribution in [0.15, 0.2) is 115 Å². The van der Waals surface area contributed by atoms with Crippen molar-refractivity contribution in [2.45, 2.75) is 6.42 Å². The summed E-state index contributed by atoms with van der Waals surface area (Å²) in [5.41, 5.74) is 3.11. The van der Waals surface area contributed by atoms with Crippen molar-refractivity contribution in [1.29, 1.82) is 0 Å². The van der Waals surface area contributed by atoms with E-state index in [0.29, 0.717) is 0 Å². The van der Waals surface area contributed by atoms with Crippen molar-refractivity contribution in [3.63, 3.8) is 0 Å². The minimum atomic E-state index is 0.891. The molecule has 1 rings (SSSR count). The van der Waals surface area contributed by atoms with E-state index >= 15 is 0 Å². The first-order valence-corrected chi connectivity index (χ1v) is 6.73. The molecule has 0 saturated heterocycles. The maximum absolute atomic E-state index is 3.11. The summed E-state index contributed by atoms with van der Waals surface area (Å²) in [5, 5.41) is 0. The molecule has 1 aliphatic rings. The molecule has 0 amide bonds. The third-order valence-electron chi connectivity index (χ3n) is 2.26. The Kier molecular flexibility index (Phi) is 9.98. The van der Waals surface area contributed by atoms with Crippen molar-refractivity contribution in [3.8, 4) is 0 Å². The Labute approximate surface area is 122 Å². The van der Waals surface area contributed by atoms with Crippen LogP contribution in [0, 0.1) is 0 Å². The summed E-state index contributed by atoms with van der Waals surface area (Å²) < 4.78 is 0. The van der Waals surface area contributed by atoms with Gasteiger partial charge in [0.15, 0.2) is 0 Å². The molecular formula is C20H20. The van der Waals surface area contributed by atoms with Crippen LogP contribution in [-0.4, -0.2) is 0 Å². The largest absolute Gasteiger partial charge is 0.125 e. The molecule has 100 valence electrons. The van der Waals surface area contributed by atoms with Crippen molar-refractivity contribution in [1.82, 2.24) is 0 Å². The zero-order valence-electron chi connectivity index (χ0n) is 11.6. The molecule has 0 aromatic carbocycles. The van der Waals surface area contributed by atoms with Gasteiger partial charge in [-0.15, -0.1) is 5.73 Å². The summed E-state index contributed by atoms with van der Waals surface area (Å²) >= 11 is 0. The van der Waals surface area contributed by atoms with E-state index in [-0.39, 0.29) is 0 Å². The summed E-state index contributed by atoms with van der Waals surface area (Å²) in [7, 11) is 0. The summed E-state index contributed by atoms with van der Waals surface area (Å²) in [6.07, 6.45) is 36.9. The van der Waals surface area contributed by atoms with Crippen LogP contribution in [0.1, 0.15) is 6.42 Å². The third-order valence-corrected chi connectivity index (χ3v) is 2.26. The van der Waals surface area contributed by atoms with Crippen molar-refractivity contribution < 1.29 is 0 Å². The Bertz CT molecular complexity index is 535. The molecule has 0 aliphatic heterocycles. The van der Waals surface area contributed by atoms with E-state index in [0.717, 1.165) is 6.42 Å². The average molecular weight is 260 g/mol. The molecule has 0 saturated carbocycles. The standard InChI is InChI=1S/C20H20/c1-2-4-6-8-10-12-14-16-18-20-19-17-15-13-11-9-7-5-3-1/h1-17,20H,18H2/b3-1+,4-2-,7-5-,8-6+,11-9+,12-10+,15-13+,16-14+. The second kappa shape index (κ2) is 12.9. The molecule has 0 aromatic heterocycles. The molecular weight excluding hydrogens is 240 g/mol. The molecule has 0 atom stereocenters.